The van der Waals surface area contributed by atoms with Gasteiger partial charge in [0.15, 0.2) is 0 Å². The second kappa shape index (κ2) is 13.1. The normalized spacial score (nSPS) is 22.7. The van der Waals surface area contributed by atoms with Crippen molar-refractivity contribution in [2.45, 2.75) is 64.3 Å². The van der Waals surface area contributed by atoms with E-state index in [2.05, 4.69) is 10.2 Å². The predicted octanol–water partition coefficient (Wildman–Crippen LogP) is 6.43. The van der Waals surface area contributed by atoms with Crippen LogP contribution in [0.3, 0.4) is 0 Å². The van der Waals surface area contributed by atoms with E-state index in [0.29, 0.717) is 36.7 Å². The monoisotopic (exact) mass is 559 g/mol. The van der Waals surface area contributed by atoms with E-state index < -0.39 is 18.1 Å². The van der Waals surface area contributed by atoms with Gasteiger partial charge in [0.2, 0.25) is 5.92 Å². The quantitative estimate of drug-likeness (QED) is 0.428. The number of carbonyl (C=O) groups is 2. The molecule has 2 saturated heterocycles. The van der Waals surface area contributed by atoms with Gasteiger partial charge in [-0.05, 0) is 73.8 Å². The number of hydrogen-bond donors (Lipinski definition) is 2. The number of aryl methyl sites for hydroxylation is 2. The van der Waals surface area contributed by atoms with Crippen molar-refractivity contribution in [2.24, 2.45) is 11.8 Å². The summed E-state index contributed by atoms with van der Waals surface area (Å²) in [6, 6.07) is 11.6. The second-order valence-corrected chi connectivity index (χ2v) is 11.5. The van der Waals surface area contributed by atoms with Gasteiger partial charge in [0, 0.05) is 51.1 Å². The lowest BCUT2D eigenvalue weighted by Gasteiger charge is -2.25. The first-order chi connectivity index (χ1) is 19.0. The number of fused-ring (bicyclic) bond motifs is 1. The van der Waals surface area contributed by atoms with E-state index in [1.807, 2.05) is 36.9 Å². The topological polar surface area (TPSA) is 72.9 Å². The number of likely N-dealkylation sites (tertiary alicyclic amines) is 2. The molecule has 3 aliphatic rings. The molecule has 6 nitrogen and oxygen atoms in total. The predicted molar refractivity (Wildman–Crippen MR) is 148 cm³/mol. The molecule has 0 radical (unpaired) electrons. The van der Waals surface area contributed by atoms with Gasteiger partial charge in [-0.1, -0.05) is 36.8 Å². The molecule has 2 aliphatic heterocycles. The molecule has 2 unspecified atom stereocenters. The molecule has 0 aromatic heterocycles. The van der Waals surface area contributed by atoms with Crippen molar-refractivity contribution < 1.29 is 27.9 Å². The molecule has 0 spiro atoms. The highest BCUT2D eigenvalue weighted by Gasteiger charge is 2.42. The fraction of sp³-hybridized carbons (Fsp3) is 0.548. The van der Waals surface area contributed by atoms with Crippen molar-refractivity contribution in [3.8, 4) is 0 Å². The number of alkyl halides is 2. The molecule has 2 N–H and O–H groups in total. The molecule has 1 saturated carbocycles. The Morgan fingerprint density at radius 1 is 0.975 bits per heavy atom. The van der Waals surface area contributed by atoms with Crippen molar-refractivity contribution >= 4 is 12.0 Å². The third kappa shape index (κ3) is 7.77. The molecule has 40 heavy (non-hydrogen) atoms. The smallest absolute Gasteiger partial charge is 0.405 e. The number of amides is 2. The number of carboxylic acid groups (broad SMARTS) is 1. The molecule has 3 fully saturated rings. The van der Waals surface area contributed by atoms with Crippen LogP contribution in [0.15, 0.2) is 42.5 Å². The molecule has 2 aromatic rings. The fourth-order valence-electron chi connectivity index (χ4n) is 6.32. The van der Waals surface area contributed by atoms with Crippen LogP contribution in [0.1, 0.15) is 71.6 Å². The van der Waals surface area contributed by atoms with Gasteiger partial charge < -0.3 is 20.2 Å². The lowest BCUT2D eigenvalue weighted by Crippen LogP contribution is -2.35. The van der Waals surface area contributed by atoms with Crippen LogP contribution in [-0.2, 0) is 0 Å². The minimum atomic E-state index is -2.32. The SMILES string of the molecule is Cc1cccc(C)c1C(=O)N1CC2CN(CCC(NC(=O)O)c3cccc(F)c3)C[C@H]2C1.FC1(F)CCCCC1. The highest BCUT2D eigenvalue weighted by atomic mass is 19.3. The average Bonchev–Trinajstić information content (AvgIpc) is 3.45. The summed E-state index contributed by atoms with van der Waals surface area (Å²) < 4.78 is 38.0. The molecule has 0 bridgehead atoms. The molecule has 5 rings (SSSR count). The van der Waals surface area contributed by atoms with Crippen LogP contribution in [0, 0.1) is 31.5 Å². The van der Waals surface area contributed by atoms with Crippen LogP contribution < -0.4 is 5.32 Å². The van der Waals surface area contributed by atoms with Crippen LogP contribution in [0.25, 0.3) is 0 Å². The number of halogens is 3. The molecule has 1 aliphatic carbocycles. The van der Waals surface area contributed by atoms with Crippen molar-refractivity contribution in [2.75, 3.05) is 32.7 Å². The Hall–Kier alpha value is -3.07. The maximum Gasteiger partial charge on any atom is 0.405 e. The summed E-state index contributed by atoms with van der Waals surface area (Å²) >= 11 is 0. The van der Waals surface area contributed by atoms with E-state index in [1.165, 1.54) is 12.1 Å². The second-order valence-electron chi connectivity index (χ2n) is 11.5. The number of carbonyl (C=O) groups excluding carboxylic acids is 1. The minimum Gasteiger partial charge on any atom is -0.465 e. The largest absolute Gasteiger partial charge is 0.465 e. The maximum absolute atomic E-state index is 13.6. The minimum absolute atomic E-state index is 0.118. The maximum atomic E-state index is 13.6. The van der Waals surface area contributed by atoms with Crippen LogP contribution in [0.4, 0.5) is 18.0 Å². The standard InChI is InChI=1S/C25H30FN3O3.C6H10F2/c1-16-5-3-6-17(2)23(16)24(30)29-14-19-12-28(13-20(19)15-29)10-9-22(27-25(31)32)18-7-4-8-21(26)11-18;7-6(8)4-2-1-3-5-6/h3-8,11,19-20,22,27H,9-10,12-15H2,1-2H3,(H,31,32);1-5H2/t19-,20?,22?;/m0./s1. The lowest BCUT2D eigenvalue weighted by atomic mass is 9.97. The summed E-state index contributed by atoms with van der Waals surface area (Å²) in [5.41, 5.74) is 3.49. The summed E-state index contributed by atoms with van der Waals surface area (Å²) in [5, 5.41) is 11.7. The van der Waals surface area contributed by atoms with E-state index >= 15 is 0 Å². The third-order valence-electron chi connectivity index (χ3n) is 8.41. The van der Waals surface area contributed by atoms with Crippen LogP contribution in [-0.4, -0.2) is 65.6 Å². The van der Waals surface area contributed by atoms with Gasteiger partial charge in [-0.15, -0.1) is 0 Å². The zero-order valence-electron chi connectivity index (χ0n) is 23.3. The Morgan fingerprint density at radius 2 is 1.57 bits per heavy atom. The Labute approximate surface area is 234 Å². The van der Waals surface area contributed by atoms with Crippen LogP contribution >= 0.6 is 0 Å². The van der Waals surface area contributed by atoms with Gasteiger partial charge in [-0.2, -0.15) is 0 Å². The Morgan fingerprint density at radius 3 is 2.10 bits per heavy atom. The van der Waals surface area contributed by atoms with Crippen LogP contribution in [0.2, 0.25) is 0 Å². The van der Waals surface area contributed by atoms with Crippen LogP contribution in [0.5, 0.6) is 0 Å². The van der Waals surface area contributed by atoms with Crippen molar-refractivity contribution in [3.63, 3.8) is 0 Å². The van der Waals surface area contributed by atoms with E-state index in [-0.39, 0.29) is 24.6 Å². The first kappa shape index (κ1) is 29.9. The number of nitrogens with zero attached hydrogens (tertiary/aromatic N) is 2. The summed E-state index contributed by atoms with van der Waals surface area (Å²) in [6.07, 6.45) is 2.12. The van der Waals surface area contributed by atoms with Gasteiger partial charge in [-0.25, -0.2) is 18.0 Å². The summed E-state index contributed by atoms with van der Waals surface area (Å²) in [4.78, 5) is 28.7. The van der Waals surface area contributed by atoms with E-state index in [0.717, 1.165) is 55.8 Å². The van der Waals surface area contributed by atoms with Crippen molar-refractivity contribution in [3.05, 3.63) is 70.5 Å². The lowest BCUT2D eigenvalue weighted by molar-refractivity contribution is -0.0337. The van der Waals surface area contributed by atoms with Gasteiger partial charge >= 0.3 is 6.09 Å². The Bertz CT molecular complexity index is 1150. The third-order valence-corrected chi connectivity index (χ3v) is 8.41. The van der Waals surface area contributed by atoms with Crippen molar-refractivity contribution in [1.29, 1.82) is 0 Å². The number of rotatable bonds is 6. The molecule has 9 heteroatoms. The molecule has 218 valence electrons. The molecule has 2 heterocycles. The van der Waals surface area contributed by atoms with Crippen molar-refractivity contribution in [1.82, 2.24) is 15.1 Å². The van der Waals surface area contributed by atoms with Gasteiger partial charge in [0.25, 0.3) is 5.91 Å². The van der Waals surface area contributed by atoms with E-state index in [9.17, 15) is 27.9 Å². The fourth-order valence-corrected chi connectivity index (χ4v) is 6.32. The summed E-state index contributed by atoms with van der Waals surface area (Å²) in [7, 11) is 0. The zero-order chi connectivity index (χ0) is 28.9. The summed E-state index contributed by atoms with van der Waals surface area (Å²) in [5.74, 6) is -1.70. The summed E-state index contributed by atoms with van der Waals surface area (Å²) in [6.45, 7) is 7.99. The molecule has 3 atom stereocenters. The van der Waals surface area contributed by atoms with Gasteiger partial charge in [0.1, 0.15) is 5.82 Å². The number of hydrogen-bond acceptors (Lipinski definition) is 3. The Kier molecular flexibility index (Phi) is 9.77. The van der Waals surface area contributed by atoms with Gasteiger partial charge in [-0.3, -0.25) is 4.79 Å². The number of benzene rings is 2. The molecule has 2 amide bonds. The number of nitrogens with one attached hydrogen (secondary N) is 1. The zero-order valence-corrected chi connectivity index (χ0v) is 23.3. The highest BCUT2D eigenvalue weighted by molar-refractivity contribution is 5.97. The average molecular weight is 560 g/mol. The Balaban J connectivity index is 0.000000398. The van der Waals surface area contributed by atoms with E-state index in [4.69, 9.17) is 0 Å². The first-order valence-corrected chi connectivity index (χ1v) is 14.2. The molecular weight excluding hydrogens is 519 g/mol. The molecule has 2 aromatic carbocycles. The molecular formula is C31H40F3N3O3. The van der Waals surface area contributed by atoms with Gasteiger partial charge in [0.05, 0.1) is 6.04 Å². The first-order valence-electron chi connectivity index (χ1n) is 14.2. The van der Waals surface area contributed by atoms with E-state index in [1.54, 1.807) is 12.1 Å². The highest BCUT2D eigenvalue weighted by Crippen LogP contribution is 2.34.